The van der Waals surface area contributed by atoms with E-state index in [9.17, 15) is 0 Å². The molecule has 2 heteroatoms. The number of anilines is 1. The van der Waals surface area contributed by atoms with E-state index in [0.29, 0.717) is 12.0 Å². The molecule has 0 aliphatic carbocycles. The molecular formula is C13H22N2. The number of benzene rings is 1. The molecule has 2 N–H and O–H groups in total. The summed E-state index contributed by atoms with van der Waals surface area (Å²) in [7, 11) is 3.97. The van der Waals surface area contributed by atoms with Crippen LogP contribution >= 0.6 is 0 Å². The monoisotopic (exact) mass is 206 g/mol. The van der Waals surface area contributed by atoms with Crippen LogP contribution in [0.15, 0.2) is 24.3 Å². The van der Waals surface area contributed by atoms with Crippen LogP contribution in [0.2, 0.25) is 0 Å². The van der Waals surface area contributed by atoms with Gasteiger partial charge in [0.2, 0.25) is 0 Å². The molecule has 1 aromatic rings. The maximum atomic E-state index is 3.37. The Bertz CT molecular complexity index is 277. The lowest BCUT2D eigenvalue weighted by molar-refractivity contribution is 0.457. The second kappa shape index (κ2) is 5.76. The van der Waals surface area contributed by atoms with Gasteiger partial charge in [-0.3, -0.25) is 0 Å². The summed E-state index contributed by atoms with van der Waals surface area (Å²) in [6.45, 7) is 4.51. The summed E-state index contributed by atoms with van der Waals surface area (Å²) in [6, 6.07) is 9.10. The van der Waals surface area contributed by atoms with E-state index >= 15 is 0 Å². The van der Waals surface area contributed by atoms with Crippen LogP contribution in [-0.4, -0.2) is 14.1 Å². The average Bonchev–Trinajstić information content (AvgIpc) is 2.26. The van der Waals surface area contributed by atoms with Gasteiger partial charge in [-0.2, -0.15) is 0 Å². The average molecular weight is 206 g/mol. The Labute approximate surface area is 93.1 Å². The highest BCUT2D eigenvalue weighted by molar-refractivity contribution is 5.44. The van der Waals surface area contributed by atoms with Gasteiger partial charge in [0.25, 0.3) is 0 Å². The van der Waals surface area contributed by atoms with Crippen molar-refractivity contribution in [3.63, 3.8) is 0 Å². The summed E-state index contributed by atoms with van der Waals surface area (Å²) in [6.07, 6.45) is 1.18. The third-order valence-electron chi connectivity index (χ3n) is 2.66. The minimum absolute atomic E-state index is 0.468. The smallest absolute Gasteiger partial charge is 0.0337 e. The summed E-state index contributed by atoms with van der Waals surface area (Å²) >= 11 is 0. The van der Waals surface area contributed by atoms with Crippen molar-refractivity contribution in [3.8, 4) is 0 Å². The van der Waals surface area contributed by atoms with E-state index in [4.69, 9.17) is 0 Å². The molecule has 0 fully saturated rings. The molecule has 1 atom stereocenters. The molecule has 0 aromatic heterocycles. The predicted octanol–water partition coefficient (Wildman–Crippen LogP) is 3.03. The van der Waals surface area contributed by atoms with Gasteiger partial charge in [0.15, 0.2) is 0 Å². The molecule has 15 heavy (non-hydrogen) atoms. The molecule has 0 bridgehead atoms. The Balaban J connectivity index is 2.74. The maximum Gasteiger partial charge on any atom is 0.0337 e. The van der Waals surface area contributed by atoms with Crippen LogP contribution in [0.1, 0.15) is 31.9 Å². The van der Waals surface area contributed by atoms with Crippen molar-refractivity contribution >= 4 is 5.69 Å². The third-order valence-corrected chi connectivity index (χ3v) is 2.66. The van der Waals surface area contributed by atoms with E-state index in [1.165, 1.54) is 12.0 Å². The first-order valence-electron chi connectivity index (χ1n) is 5.62. The van der Waals surface area contributed by atoms with Crippen LogP contribution in [-0.2, 0) is 0 Å². The van der Waals surface area contributed by atoms with Crippen LogP contribution in [0.5, 0.6) is 0 Å². The standard InChI is InChI=1S/C13H22N2/c1-10(2)9-13(15-4)11-5-7-12(14-3)8-6-11/h5-8,10,13-15H,9H2,1-4H3. The molecule has 0 aliphatic rings. The van der Waals surface area contributed by atoms with Gasteiger partial charge in [-0.05, 0) is 37.1 Å². The third kappa shape index (κ3) is 3.56. The highest BCUT2D eigenvalue weighted by atomic mass is 14.9. The lowest BCUT2D eigenvalue weighted by Gasteiger charge is -2.19. The first-order valence-corrected chi connectivity index (χ1v) is 5.62. The van der Waals surface area contributed by atoms with Gasteiger partial charge in [0.05, 0.1) is 0 Å². The SMILES string of the molecule is CNc1ccc(C(CC(C)C)NC)cc1. The largest absolute Gasteiger partial charge is 0.388 e. The summed E-state index contributed by atoms with van der Waals surface area (Å²) in [5, 5.41) is 6.50. The molecule has 0 saturated heterocycles. The molecule has 2 nitrogen and oxygen atoms in total. The minimum Gasteiger partial charge on any atom is -0.388 e. The van der Waals surface area contributed by atoms with Gasteiger partial charge < -0.3 is 10.6 Å². The molecule has 0 heterocycles. The second-order valence-corrected chi connectivity index (χ2v) is 4.34. The zero-order valence-electron chi connectivity index (χ0n) is 10.2. The summed E-state index contributed by atoms with van der Waals surface area (Å²) in [5.74, 6) is 0.714. The highest BCUT2D eigenvalue weighted by Gasteiger charge is 2.10. The molecule has 84 valence electrons. The molecule has 0 spiro atoms. The zero-order valence-corrected chi connectivity index (χ0v) is 10.2. The second-order valence-electron chi connectivity index (χ2n) is 4.34. The minimum atomic E-state index is 0.468. The first-order chi connectivity index (χ1) is 7.17. The fraction of sp³-hybridized carbons (Fsp3) is 0.538. The lowest BCUT2D eigenvalue weighted by atomic mass is 9.97. The van der Waals surface area contributed by atoms with Crippen LogP contribution in [0.3, 0.4) is 0 Å². The quantitative estimate of drug-likeness (QED) is 0.773. The topological polar surface area (TPSA) is 24.1 Å². The maximum absolute atomic E-state index is 3.37. The Kier molecular flexibility index (Phi) is 4.63. The van der Waals surface area contributed by atoms with Crippen LogP contribution in [0, 0.1) is 5.92 Å². The van der Waals surface area contributed by atoms with E-state index in [1.54, 1.807) is 0 Å². The van der Waals surface area contributed by atoms with Gasteiger partial charge in [0, 0.05) is 18.8 Å². The molecule has 1 unspecified atom stereocenters. The van der Waals surface area contributed by atoms with Crippen molar-refractivity contribution in [1.82, 2.24) is 5.32 Å². The highest BCUT2D eigenvalue weighted by Crippen LogP contribution is 2.22. The summed E-state index contributed by atoms with van der Waals surface area (Å²) in [5.41, 5.74) is 2.53. The van der Waals surface area contributed by atoms with Crippen molar-refractivity contribution in [1.29, 1.82) is 0 Å². The molecular weight excluding hydrogens is 184 g/mol. The van der Waals surface area contributed by atoms with E-state index < -0.39 is 0 Å². The van der Waals surface area contributed by atoms with Gasteiger partial charge in [-0.25, -0.2) is 0 Å². The van der Waals surface area contributed by atoms with Crippen molar-refractivity contribution in [2.45, 2.75) is 26.3 Å². The van der Waals surface area contributed by atoms with Gasteiger partial charge in [-0.1, -0.05) is 26.0 Å². The molecule has 0 saturated carbocycles. The normalized spacial score (nSPS) is 12.9. The van der Waals surface area contributed by atoms with Crippen LogP contribution < -0.4 is 10.6 Å². The van der Waals surface area contributed by atoms with Crippen molar-refractivity contribution in [2.24, 2.45) is 5.92 Å². The Hall–Kier alpha value is -1.02. The number of hydrogen-bond acceptors (Lipinski definition) is 2. The van der Waals surface area contributed by atoms with E-state index in [0.717, 1.165) is 5.69 Å². The van der Waals surface area contributed by atoms with Crippen molar-refractivity contribution in [2.75, 3.05) is 19.4 Å². The molecule has 0 radical (unpaired) electrons. The van der Waals surface area contributed by atoms with Gasteiger partial charge >= 0.3 is 0 Å². The molecule has 0 aliphatic heterocycles. The van der Waals surface area contributed by atoms with E-state index in [-0.39, 0.29) is 0 Å². The fourth-order valence-corrected chi connectivity index (χ4v) is 1.77. The predicted molar refractivity (Wildman–Crippen MR) is 67.2 cm³/mol. The van der Waals surface area contributed by atoms with E-state index in [2.05, 4.69) is 48.7 Å². The Morgan fingerprint density at radius 3 is 2.07 bits per heavy atom. The van der Waals surface area contributed by atoms with E-state index in [1.807, 2.05) is 14.1 Å². The number of hydrogen-bond donors (Lipinski definition) is 2. The zero-order chi connectivity index (χ0) is 11.3. The summed E-state index contributed by atoms with van der Waals surface area (Å²) in [4.78, 5) is 0. The molecule has 1 rings (SSSR count). The van der Waals surface area contributed by atoms with Gasteiger partial charge in [0.1, 0.15) is 0 Å². The lowest BCUT2D eigenvalue weighted by Crippen LogP contribution is -2.18. The number of rotatable bonds is 5. The summed E-state index contributed by atoms with van der Waals surface area (Å²) < 4.78 is 0. The van der Waals surface area contributed by atoms with Crippen molar-refractivity contribution in [3.05, 3.63) is 29.8 Å². The van der Waals surface area contributed by atoms with Gasteiger partial charge in [-0.15, -0.1) is 0 Å². The first kappa shape index (κ1) is 12.1. The fourth-order valence-electron chi connectivity index (χ4n) is 1.77. The number of nitrogens with one attached hydrogen (secondary N) is 2. The Morgan fingerprint density at radius 1 is 1.07 bits per heavy atom. The molecule has 1 aromatic carbocycles. The van der Waals surface area contributed by atoms with Crippen LogP contribution in [0.4, 0.5) is 5.69 Å². The van der Waals surface area contributed by atoms with Crippen molar-refractivity contribution < 1.29 is 0 Å². The Morgan fingerprint density at radius 2 is 1.67 bits per heavy atom. The molecule has 0 amide bonds. The van der Waals surface area contributed by atoms with Crippen LogP contribution in [0.25, 0.3) is 0 Å².